The Morgan fingerprint density at radius 3 is 2.45 bits per heavy atom. The molecule has 11 heavy (non-hydrogen) atoms. The molecule has 0 aliphatic heterocycles. The molecular weight excluding hydrogens is 140 g/mol. The average molecular weight is 156 g/mol. The summed E-state index contributed by atoms with van der Waals surface area (Å²) in [5.74, 6) is 0.714. The zero-order valence-corrected chi connectivity index (χ0v) is 7.42. The predicted octanol–water partition coefficient (Wildman–Crippen LogP) is 2.45. The maximum Gasteiger partial charge on any atom is 0.130 e. The van der Waals surface area contributed by atoms with Crippen LogP contribution < -0.4 is 0 Å². The molecule has 0 amide bonds. The smallest absolute Gasteiger partial charge is 0.130 e. The van der Waals surface area contributed by atoms with Crippen LogP contribution in [0.4, 0.5) is 0 Å². The fourth-order valence-corrected chi connectivity index (χ4v) is 0.659. The Hall–Kier alpha value is -0.790. The monoisotopic (exact) mass is 156 g/mol. The number of allylic oxidation sites excluding steroid dienone is 2. The predicted molar refractivity (Wildman–Crippen MR) is 45.5 cm³/mol. The topological polar surface area (TPSA) is 37.3 Å². The average Bonchev–Trinajstić information content (AvgIpc) is 1.86. The summed E-state index contributed by atoms with van der Waals surface area (Å²) >= 11 is 0. The van der Waals surface area contributed by atoms with E-state index >= 15 is 0 Å². The number of hydrogen-bond acceptors (Lipinski definition) is 2. The summed E-state index contributed by atoms with van der Waals surface area (Å²) in [7, 11) is 0. The van der Waals surface area contributed by atoms with Gasteiger partial charge in [0.1, 0.15) is 5.78 Å². The second-order valence-corrected chi connectivity index (χ2v) is 3.02. The molecule has 0 atom stereocenters. The van der Waals surface area contributed by atoms with Gasteiger partial charge in [-0.3, -0.25) is 0 Å². The second kappa shape index (κ2) is 4.94. The highest BCUT2D eigenvalue weighted by Crippen LogP contribution is 2.06. The van der Waals surface area contributed by atoms with Crippen LogP contribution in [0, 0.1) is 5.92 Å². The van der Waals surface area contributed by atoms with E-state index < -0.39 is 0 Å². The summed E-state index contributed by atoms with van der Waals surface area (Å²) in [6, 6.07) is 0. The summed E-state index contributed by atoms with van der Waals surface area (Å²) in [5, 5.41) is 9.19. The lowest BCUT2D eigenvalue weighted by atomic mass is 10.1. The Morgan fingerprint density at radius 1 is 1.55 bits per heavy atom. The number of hydrogen-bond donors (Lipinski definition) is 1. The lowest BCUT2D eigenvalue weighted by Crippen LogP contribution is -1.93. The zero-order chi connectivity index (χ0) is 8.85. The van der Waals surface area contributed by atoms with Gasteiger partial charge < -0.3 is 9.90 Å². The maximum absolute atomic E-state index is 10.5. The number of aliphatic hydroxyl groups is 1. The largest absolute Gasteiger partial charge is 0.512 e. The zero-order valence-electron chi connectivity index (χ0n) is 7.42. The van der Waals surface area contributed by atoms with Gasteiger partial charge in [-0.15, -0.1) is 0 Å². The van der Waals surface area contributed by atoms with Gasteiger partial charge in [-0.2, -0.15) is 0 Å². The Kier molecular flexibility index (Phi) is 4.59. The standard InChI is InChI=1S/C9H16O2/c1-7(2)9(11)6-4-5-8(3)10/h6-7,11H,4-5H2,1-3H3/b9-6-. The van der Waals surface area contributed by atoms with Crippen molar-refractivity contribution >= 4 is 5.78 Å². The first-order valence-electron chi connectivity index (χ1n) is 3.92. The number of ketones is 1. The van der Waals surface area contributed by atoms with Crippen molar-refractivity contribution in [1.29, 1.82) is 0 Å². The lowest BCUT2D eigenvalue weighted by Gasteiger charge is -2.01. The molecule has 0 aliphatic carbocycles. The van der Waals surface area contributed by atoms with Gasteiger partial charge in [0.2, 0.25) is 0 Å². The Labute approximate surface area is 67.9 Å². The van der Waals surface area contributed by atoms with Gasteiger partial charge in [-0.25, -0.2) is 0 Å². The van der Waals surface area contributed by atoms with E-state index in [1.807, 2.05) is 13.8 Å². The van der Waals surface area contributed by atoms with E-state index in [0.717, 1.165) is 0 Å². The highest BCUT2D eigenvalue weighted by Gasteiger charge is 1.98. The quantitative estimate of drug-likeness (QED) is 0.635. The third-order valence-corrected chi connectivity index (χ3v) is 1.44. The fraction of sp³-hybridized carbons (Fsp3) is 0.667. The number of Topliss-reactive ketones (excluding diaryl/α,β-unsaturated/α-hetero) is 1. The molecule has 0 unspecified atom stereocenters. The van der Waals surface area contributed by atoms with Crippen LogP contribution >= 0.6 is 0 Å². The van der Waals surface area contributed by atoms with Crippen molar-refractivity contribution in [2.45, 2.75) is 33.6 Å². The lowest BCUT2D eigenvalue weighted by molar-refractivity contribution is -0.116. The van der Waals surface area contributed by atoms with Crippen LogP contribution in [0.1, 0.15) is 33.6 Å². The Bertz CT molecular complexity index is 157. The van der Waals surface area contributed by atoms with E-state index in [4.69, 9.17) is 0 Å². The molecule has 0 heterocycles. The third kappa shape index (κ3) is 5.64. The first-order chi connectivity index (χ1) is 5.04. The molecule has 0 aromatic rings. The minimum absolute atomic E-state index is 0.165. The van der Waals surface area contributed by atoms with Gasteiger partial charge in [0.25, 0.3) is 0 Å². The minimum Gasteiger partial charge on any atom is -0.512 e. The molecule has 0 spiro atoms. The number of carbonyl (C=O) groups excluding carboxylic acids is 1. The molecule has 0 bridgehead atoms. The summed E-state index contributed by atoms with van der Waals surface area (Å²) in [4.78, 5) is 10.5. The van der Waals surface area contributed by atoms with Crippen LogP contribution in [0.25, 0.3) is 0 Å². The molecule has 0 fully saturated rings. The van der Waals surface area contributed by atoms with Gasteiger partial charge in [0, 0.05) is 12.3 Å². The van der Waals surface area contributed by atoms with Gasteiger partial charge in [-0.05, 0) is 19.4 Å². The molecule has 2 heteroatoms. The summed E-state index contributed by atoms with van der Waals surface area (Å²) in [6.07, 6.45) is 2.89. The van der Waals surface area contributed by atoms with E-state index in [-0.39, 0.29) is 11.7 Å². The minimum atomic E-state index is 0.165. The van der Waals surface area contributed by atoms with Gasteiger partial charge in [0.15, 0.2) is 0 Å². The van der Waals surface area contributed by atoms with Gasteiger partial charge in [0.05, 0.1) is 5.76 Å². The van der Waals surface area contributed by atoms with Crippen molar-refractivity contribution < 1.29 is 9.90 Å². The summed E-state index contributed by atoms with van der Waals surface area (Å²) in [5.41, 5.74) is 0. The molecule has 2 nitrogen and oxygen atoms in total. The second-order valence-electron chi connectivity index (χ2n) is 3.02. The van der Waals surface area contributed by atoms with Crippen molar-refractivity contribution in [2.75, 3.05) is 0 Å². The molecule has 0 aliphatic rings. The molecule has 0 saturated heterocycles. The van der Waals surface area contributed by atoms with Crippen LogP contribution in [0.2, 0.25) is 0 Å². The van der Waals surface area contributed by atoms with Crippen LogP contribution in [0.5, 0.6) is 0 Å². The first kappa shape index (κ1) is 10.2. The molecule has 0 saturated carbocycles. The van der Waals surface area contributed by atoms with Crippen molar-refractivity contribution in [2.24, 2.45) is 5.92 Å². The van der Waals surface area contributed by atoms with Crippen molar-refractivity contribution in [3.8, 4) is 0 Å². The maximum atomic E-state index is 10.5. The molecule has 1 N–H and O–H groups in total. The van der Waals surface area contributed by atoms with Crippen molar-refractivity contribution in [3.63, 3.8) is 0 Å². The number of carbonyl (C=O) groups is 1. The fourth-order valence-electron chi connectivity index (χ4n) is 0.659. The highest BCUT2D eigenvalue weighted by molar-refractivity contribution is 5.75. The molecule has 0 radical (unpaired) electrons. The van der Waals surface area contributed by atoms with Crippen molar-refractivity contribution in [3.05, 3.63) is 11.8 Å². The molecule has 0 aromatic carbocycles. The molecule has 64 valence electrons. The van der Waals surface area contributed by atoms with Crippen molar-refractivity contribution in [1.82, 2.24) is 0 Å². The van der Waals surface area contributed by atoms with Crippen LogP contribution in [-0.2, 0) is 4.79 Å². The molecule has 0 rings (SSSR count). The van der Waals surface area contributed by atoms with E-state index in [0.29, 0.717) is 18.6 Å². The summed E-state index contributed by atoms with van der Waals surface area (Å²) in [6.45, 7) is 5.39. The van der Waals surface area contributed by atoms with E-state index in [9.17, 15) is 9.90 Å². The van der Waals surface area contributed by atoms with Gasteiger partial charge in [-0.1, -0.05) is 13.8 Å². The van der Waals surface area contributed by atoms with E-state index in [1.165, 1.54) is 0 Å². The number of aliphatic hydroxyl groups excluding tert-OH is 1. The molecular formula is C9H16O2. The van der Waals surface area contributed by atoms with E-state index in [2.05, 4.69) is 0 Å². The summed E-state index contributed by atoms with van der Waals surface area (Å²) < 4.78 is 0. The third-order valence-electron chi connectivity index (χ3n) is 1.44. The van der Waals surface area contributed by atoms with Gasteiger partial charge >= 0.3 is 0 Å². The highest BCUT2D eigenvalue weighted by atomic mass is 16.3. The molecule has 0 aromatic heterocycles. The van der Waals surface area contributed by atoms with Crippen LogP contribution in [0.15, 0.2) is 11.8 Å². The SMILES string of the molecule is CC(=O)CC/C=C(\O)C(C)C. The Morgan fingerprint density at radius 2 is 2.09 bits per heavy atom. The number of rotatable bonds is 4. The van der Waals surface area contributed by atoms with E-state index in [1.54, 1.807) is 13.0 Å². The Balaban J connectivity index is 3.65. The normalized spacial score (nSPS) is 12.2. The first-order valence-corrected chi connectivity index (χ1v) is 3.92. The van der Waals surface area contributed by atoms with Crippen LogP contribution in [0.3, 0.4) is 0 Å². The van der Waals surface area contributed by atoms with Crippen LogP contribution in [-0.4, -0.2) is 10.9 Å².